The molecule has 0 heterocycles. The van der Waals surface area contributed by atoms with Crippen molar-refractivity contribution < 1.29 is 9.53 Å². The van der Waals surface area contributed by atoms with Crippen LogP contribution in [0.3, 0.4) is 0 Å². The molecule has 0 radical (unpaired) electrons. The van der Waals surface area contributed by atoms with Crippen LogP contribution >= 0.6 is 12.4 Å². The summed E-state index contributed by atoms with van der Waals surface area (Å²) in [7, 11) is 0. The molecule has 1 aliphatic rings. The van der Waals surface area contributed by atoms with Gasteiger partial charge in [0.05, 0.1) is 0 Å². The Morgan fingerprint density at radius 2 is 1.58 bits per heavy atom. The standard InChI is InChI=1S/C20H23NO2.ClH/c1-14(2)13-21-11-12-23-20(22)19-17-9-5-3-7-15(17)16-8-4-6-10-18(16)19;/h3-10,14,19,21H,11-13H2,1-2H3;1H. The molecule has 1 N–H and O–H groups in total. The van der Waals surface area contributed by atoms with Crippen molar-refractivity contribution in [1.82, 2.24) is 5.32 Å². The molecule has 0 unspecified atom stereocenters. The fourth-order valence-corrected chi connectivity index (χ4v) is 3.11. The number of carbonyl (C=O) groups is 1. The minimum Gasteiger partial charge on any atom is -0.464 e. The number of rotatable bonds is 6. The fraction of sp³-hybridized carbons (Fsp3) is 0.350. The van der Waals surface area contributed by atoms with Crippen molar-refractivity contribution in [3.8, 4) is 11.1 Å². The summed E-state index contributed by atoms with van der Waals surface area (Å²) < 4.78 is 5.52. The number of hydrogen-bond acceptors (Lipinski definition) is 3. The normalized spacial score (nSPS) is 12.5. The van der Waals surface area contributed by atoms with Gasteiger partial charge in [0.25, 0.3) is 0 Å². The van der Waals surface area contributed by atoms with Gasteiger partial charge in [0.1, 0.15) is 12.5 Å². The van der Waals surface area contributed by atoms with Crippen LogP contribution in [0.15, 0.2) is 48.5 Å². The molecule has 4 heteroatoms. The number of carbonyl (C=O) groups excluding carboxylic acids is 1. The smallest absolute Gasteiger partial charge is 0.318 e. The van der Waals surface area contributed by atoms with E-state index in [1.54, 1.807) is 0 Å². The highest BCUT2D eigenvalue weighted by Gasteiger charge is 2.34. The van der Waals surface area contributed by atoms with Crippen LogP contribution in [0, 0.1) is 5.92 Å². The van der Waals surface area contributed by atoms with Crippen LogP contribution in [0.2, 0.25) is 0 Å². The summed E-state index contributed by atoms with van der Waals surface area (Å²) in [5.41, 5.74) is 4.38. The lowest BCUT2D eigenvalue weighted by Gasteiger charge is -2.14. The molecule has 0 bridgehead atoms. The van der Waals surface area contributed by atoms with Crippen LogP contribution < -0.4 is 5.32 Å². The highest BCUT2D eigenvalue weighted by molar-refractivity contribution is 5.93. The number of esters is 1. The van der Waals surface area contributed by atoms with Gasteiger partial charge >= 0.3 is 5.97 Å². The van der Waals surface area contributed by atoms with Crippen molar-refractivity contribution >= 4 is 18.4 Å². The van der Waals surface area contributed by atoms with E-state index in [0.717, 1.165) is 28.8 Å². The summed E-state index contributed by atoms with van der Waals surface area (Å²) in [5.74, 6) is 0.139. The predicted molar refractivity (Wildman–Crippen MR) is 99.6 cm³/mol. The lowest BCUT2D eigenvalue weighted by molar-refractivity contribution is -0.144. The third kappa shape index (κ3) is 3.80. The highest BCUT2D eigenvalue weighted by atomic mass is 35.5. The van der Waals surface area contributed by atoms with Crippen molar-refractivity contribution in [1.29, 1.82) is 0 Å². The number of nitrogens with one attached hydrogen (secondary N) is 1. The van der Waals surface area contributed by atoms with Gasteiger partial charge in [0.15, 0.2) is 0 Å². The molecule has 0 saturated carbocycles. The second-order valence-corrected chi connectivity index (χ2v) is 6.37. The van der Waals surface area contributed by atoms with E-state index in [-0.39, 0.29) is 24.3 Å². The maximum atomic E-state index is 12.6. The van der Waals surface area contributed by atoms with E-state index >= 15 is 0 Å². The minimum absolute atomic E-state index is 0. The fourth-order valence-electron chi connectivity index (χ4n) is 3.11. The van der Waals surface area contributed by atoms with E-state index in [1.807, 2.05) is 36.4 Å². The predicted octanol–water partition coefficient (Wildman–Crippen LogP) is 4.01. The Hall–Kier alpha value is -1.84. The molecular formula is C20H24ClNO2. The summed E-state index contributed by atoms with van der Waals surface area (Å²) in [4.78, 5) is 12.6. The molecule has 2 aromatic rings. The summed E-state index contributed by atoms with van der Waals surface area (Å²) in [6.07, 6.45) is 0. The molecule has 128 valence electrons. The van der Waals surface area contributed by atoms with Crippen LogP contribution in [0.5, 0.6) is 0 Å². The zero-order valence-electron chi connectivity index (χ0n) is 14.1. The van der Waals surface area contributed by atoms with E-state index in [2.05, 4.69) is 31.3 Å². The lowest BCUT2D eigenvalue weighted by atomic mass is 9.97. The molecule has 2 aromatic carbocycles. The van der Waals surface area contributed by atoms with Crippen molar-refractivity contribution in [2.24, 2.45) is 5.92 Å². The Balaban J connectivity index is 0.00000208. The zero-order chi connectivity index (χ0) is 16.2. The Morgan fingerprint density at radius 1 is 1.04 bits per heavy atom. The zero-order valence-corrected chi connectivity index (χ0v) is 14.9. The Kier molecular flexibility index (Phi) is 6.41. The van der Waals surface area contributed by atoms with Gasteiger partial charge in [-0.2, -0.15) is 0 Å². The third-order valence-electron chi connectivity index (χ3n) is 4.15. The van der Waals surface area contributed by atoms with Gasteiger partial charge in [-0.1, -0.05) is 62.4 Å². The van der Waals surface area contributed by atoms with Gasteiger partial charge in [0.2, 0.25) is 0 Å². The summed E-state index contributed by atoms with van der Waals surface area (Å²) >= 11 is 0. The van der Waals surface area contributed by atoms with Crippen molar-refractivity contribution in [3.63, 3.8) is 0 Å². The van der Waals surface area contributed by atoms with Gasteiger partial charge in [-0.3, -0.25) is 4.79 Å². The first-order valence-corrected chi connectivity index (χ1v) is 8.24. The van der Waals surface area contributed by atoms with Crippen LogP contribution in [0.25, 0.3) is 11.1 Å². The van der Waals surface area contributed by atoms with E-state index in [0.29, 0.717) is 19.1 Å². The van der Waals surface area contributed by atoms with Gasteiger partial charge < -0.3 is 10.1 Å². The second kappa shape index (κ2) is 8.32. The first-order valence-electron chi connectivity index (χ1n) is 8.24. The van der Waals surface area contributed by atoms with E-state index in [4.69, 9.17) is 4.74 Å². The van der Waals surface area contributed by atoms with Crippen LogP contribution in [0.1, 0.15) is 30.9 Å². The van der Waals surface area contributed by atoms with E-state index < -0.39 is 0 Å². The summed E-state index contributed by atoms with van der Waals surface area (Å²) in [6, 6.07) is 16.2. The number of fused-ring (bicyclic) bond motifs is 3. The van der Waals surface area contributed by atoms with Gasteiger partial charge in [-0.05, 0) is 34.7 Å². The minimum atomic E-state index is -0.299. The largest absolute Gasteiger partial charge is 0.464 e. The average Bonchev–Trinajstić information content (AvgIpc) is 2.89. The van der Waals surface area contributed by atoms with Crippen molar-refractivity contribution in [3.05, 3.63) is 59.7 Å². The summed E-state index contributed by atoms with van der Waals surface area (Å²) in [5, 5.41) is 3.29. The third-order valence-corrected chi connectivity index (χ3v) is 4.15. The average molecular weight is 346 g/mol. The molecule has 0 saturated heterocycles. The molecule has 0 aromatic heterocycles. The van der Waals surface area contributed by atoms with Crippen LogP contribution in [-0.4, -0.2) is 25.7 Å². The van der Waals surface area contributed by atoms with Gasteiger partial charge in [-0.25, -0.2) is 0 Å². The van der Waals surface area contributed by atoms with E-state index in [9.17, 15) is 4.79 Å². The number of benzene rings is 2. The first kappa shape index (κ1) is 18.5. The number of halogens is 1. The second-order valence-electron chi connectivity index (χ2n) is 6.37. The van der Waals surface area contributed by atoms with Crippen LogP contribution in [-0.2, 0) is 9.53 Å². The first-order chi connectivity index (χ1) is 11.2. The SMILES string of the molecule is CC(C)CNCCOC(=O)C1c2ccccc2-c2ccccc21.Cl. The maximum absolute atomic E-state index is 12.6. The Morgan fingerprint density at radius 3 is 2.12 bits per heavy atom. The maximum Gasteiger partial charge on any atom is 0.318 e. The summed E-state index contributed by atoms with van der Waals surface area (Å²) in [6.45, 7) is 6.36. The Labute approximate surface area is 149 Å². The topological polar surface area (TPSA) is 38.3 Å². The van der Waals surface area contributed by atoms with Gasteiger partial charge in [-0.15, -0.1) is 12.4 Å². The molecule has 3 nitrogen and oxygen atoms in total. The monoisotopic (exact) mass is 345 g/mol. The molecular weight excluding hydrogens is 322 g/mol. The van der Waals surface area contributed by atoms with Crippen molar-refractivity contribution in [2.75, 3.05) is 19.7 Å². The molecule has 24 heavy (non-hydrogen) atoms. The highest BCUT2D eigenvalue weighted by Crippen LogP contribution is 2.44. The molecule has 3 rings (SSSR count). The van der Waals surface area contributed by atoms with Gasteiger partial charge in [0, 0.05) is 6.54 Å². The number of hydrogen-bond donors (Lipinski definition) is 1. The van der Waals surface area contributed by atoms with Crippen LogP contribution in [0.4, 0.5) is 0 Å². The molecule has 0 spiro atoms. The van der Waals surface area contributed by atoms with E-state index in [1.165, 1.54) is 0 Å². The molecule has 0 fully saturated rings. The number of ether oxygens (including phenoxy) is 1. The Bertz CT molecular complexity index is 654. The molecule has 0 aliphatic heterocycles. The lowest BCUT2D eigenvalue weighted by Crippen LogP contribution is -2.26. The molecule has 0 amide bonds. The van der Waals surface area contributed by atoms with Crippen molar-refractivity contribution in [2.45, 2.75) is 19.8 Å². The molecule has 1 aliphatic carbocycles. The quantitative estimate of drug-likeness (QED) is 0.635. The molecule has 0 atom stereocenters.